The number of carbonyl (C=O) groups excluding carboxylic acids is 2. The van der Waals surface area contributed by atoms with Gasteiger partial charge >= 0.3 is 12.2 Å². The van der Waals surface area contributed by atoms with E-state index in [0.717, 1.165) is 24.2 Å². The van der Waals surface area contributed by atoms with Crippen molar-refractivity contribution >= 4 is 17.6 Å². The summed E-state index contributed by atoms with van der Waals surface area (Å²) in [5.41, 5.74) is 2.74. The first-order valence-electron chi connectivity index (χ1n) is 12.3. The van der Waals surface area contributed by atoms with Crippen LogP contribution in [0.4, 0.5) is 23.7 Å². The number of pyridine rings is 1. The average Bonchev–Trinajstić information content (AvgIpc) is 3.60. The average molecular weight is 502 g/mol. The topological polar surface area (TPSA) is 77.6 Å². The molecule has 2 aromatic rings. The van der Waals surface area contributed by atoms with Crippen molar-refractivity contribution in [2.24, 2.45) is 0 Å². The standard InChI is InChI=1S/C26H30F3N5O2/c1-25(2)19-6-4-3-5-16(19)13-21(25)31-18-9-10-20(30-14-18)23(26(27,28)29)34-12-11-33(15-22(34)35)24(36)32-17-7-8-17/h3-6,9-10,14,17,21,23,31H,7-8,11-13,15H2,1-2H3,(H,32,36). The maximum atomic E-state index is 14.1. The third kappa shape index (κ3) is 4.73. The number of piperazine rings is 1. The van der Waals surface area contributed by atoms with E-state index < -0.39 is 24.2 Å². The molecule has 2 heterocycles. The summed E-state index contributed by atoms with van der Waals surface area (Å²) in [6.45, 7) is 3.73. The van der Waals surface area contributed by atoms with Crippen LogP contribution in [-0.4, -0.2) is 64.6 Å². The molecular formula is C26H30F3N5O2. The van der Waals surface area contributed by atoms with Crippen molar-refractivity contribution in [1.29, 1.82) is 0 Å². The van der Waals surface area contributed by atoms with E-state index in [1.165, 1.54) is 28.3 Å². The highest BCUT2D eigenvalue weighted by atomic mass is 19.4. The van der Waals surface area contributed by atoms with Crippen molar-refractivity contribution in [3.8, 4) is 0 Å². The van der Waals surface area contributed by atoms with Gasteiger partial charge in [-0.1, -0.05) is 38.1 Å². The van der Waals surface area contributed by atoms with Crippen LogP contribution in [0, 0.1) is 0 Å². The quantitative estimate of drug-likeness (QED) is 0.649. The van der Waals surface area contributed by atoms with Crippen molar-refractivity contribution in [3.05, 3.63) is 59.4 Å². The molecule has 1 aliphatic heterocycles. The lowest BCUT2D eigenvalue weighted by molar-refractivity contribution is -0.196. The fourth-order valence-corrected chi connectivity index (χ4v) is 5.21. The first-order valence-corrected chi connectivity index (χ1v) is 12.3. The summed E-state index contributed by atoms with van der Waals surface area (Å²) >= 11 is 0. The molecule has 3 aliphatic rings. The number of aromatic nitrogens is 1. The van der Waals surface area contributed by atoms with Crippen LogP contribution in [0.2, 0.25) is 0 Å². The molecule has 10 heteroatoms. The summed E-state index contributed by atoms with van der Waals surface area (Å²) in [4.78, 5) is 31.1. The van der Waals surface area contributed by atoms with Crippen LogP contribution in [0.1, 0.15) is 49.6 Å². The van der Waals surface area contributed by atoms with Gasteiger partial charge in [0.05, 0.1) is 17.6 Å². The number of rotatable bonds is 5. The van der Waals surface area contributed by atoms with Crippen LogP contribution in [0.15, 0.2) is 42.6 Å². The summed E-state index contributed by atoms with van der Waals surface area (Å²) in [5, 5.41) is 6.21. The van der Waals surface area contributed by atoms with E-state index in [1.54, 1.807) is 6.07 Å². The lowest BCUT2D eigenvalue weighted by Crippen LogP contribution is -2.57. The molecular weight excluding hydrogens is 471 g/mol. The van der Waals surface area contributed by atoms with Gasteiger partial charge in [0.25, 0.3) is 0 Å². The van der Waals surface area contributed by atoms with E-state index in [-0.39, 0.29) is 42.8 Å². The highest BCUT2D eigenvalue weighted by Gasteiger charge is 2.49. The molecule has 0 radical (unpaired) electrons. The Labute approximate surface area is 208 Å². The molecule has 0 bridgehead atoms. The molecule has 7 nitrogen and oxygen atoms in total. The van der Waals surface area contributed by atoms with E-state index in [2.05, 4.69) is 41.6 Å². The van der Waals surface area contributed by atoms with E-state index in [9.17, 15) is 22.8 Å². The molecule has 36 heavy (non-hydrogen) atoms. The highest BCUT2D eigenvalue weighted by molar-refractivity contribution is 5.85. The Morgan fingerprint density at radius 2 is 1.89 bits per heavy atom. The molecule has 1 saturated heterocycles. The fourth-order valence-electron chi connectivity index (χ4n) is 5.21. The lowest BCUT2D eigenvalue weighted by Gasteiger charge is -2.39. The molecule has 2 N–H and O–H groups in total. The molecule has 3 amide bonds. The zero-order valence-corrected chi connectivity index (χ0v) is 20.3. The third-order valence-corrected chi connectivity index (χ3v) is 7.49. The van der Waals surface area contributed by atoms with E-state index in [1.807, 2.05) is 12.1 Å². The molecule has 0 spiro atoms. The van der Waals surface area contributed by atoms with Gasteiger partial charge in [-0.25, -0.2) is 4.79 Å². The number of hydrogen-bond acceptors (Lipinski definition) is 4. The predicted octanol–water partition coefficient (Wildman–Crippen LogP) is 4.02. The van der Waals surface area contributed by atoms with Crippen LogP contribution in [0.5, 0.6) is 0 Å². The van der Waals surface area contributed by atoms with Crippen molar-refractivity contribution in [1.82, 2.24) is 20.1 Å². The van der Waals surface area contributed by atoms with E-state index in [0.29, 0.717) is 5.69 Å². The third-order valence-electron chi connectivity index (χ3n) is 7.49. The van der Waals surface area contributed by atoms with Gasteiger partial charge in [-0.15, -0.1) is 0 Å². The summed E-state index contributed by atoms with van der Waals surface area (Å²) in [6, 6.07) is 8.74. The molecule has 2 atom stereocenters. The van der Waals surface area contributed by atoms with E-state index >= 15 is 0 Å². The molecule has 2 fully saturated rings. The highest BCUT2D eigenvalue weighted by Crippen LogP contribution is 2.41. The molecule has 1 saturated carbocycles. The predicted molar refractivity (Wildman–Crippen MR) is 128 cm³/mol. The van der Waals surface area contributed by atoms with Gasteiger partial charge in [0.15, 0.2) is 6.04 Å². The summed E-state index contributed by atoms with van der Waals surface area (Å²) in [7, 11) is 0. The monoisotopic (exact) mass is 501 g/mol. The van der Waals surface area contributed by atoms with Gasteiger partial charge in [-0.3, -0.25) is 9.78 Å². The Morgan fingerprint density at radius 1 is 1.14 bits per heavy atom. The Hall–Kier alpha value is -3.30. The number of hydrogen-bond donors (Lipinski definition) is 2. The van der Waals surface area contributed by atoms with Crippen LogP contribution in [0.3, 0.4) is 0 Å². The number of nitrogens with one attached hydrogen (secondary N) is 2. The number of nitrogens with zero attached hydrogens (tertiary/aromatic N) is 3. The summed E-state index contributed by atoms with van der Waals surface area (Å²) < 4.78 is 42.4. The summed E-state index contributed by atoms with van der Waals surface area (Å²) in [6.07, 6.45) is -0.722. The minimum absolute atomic E-state index is 0.0356. The Bertz CT molecular complexity index is 1150. The van der Waals surface area contributed by atoms with Crippen LogP contribution < -0.4 is 10.6 Å². The van der Waals surface area contributed by atoms with Crippen molar-refractivity contribution in [3.63, 3.8) is 0 Å². The van der Waals surface area contributed by atoms with Gasteiger partial charge < -0.3 is 20.4 Å². The Kier molecular flexibility index (Phi) is 6.08. The largest absolute Gasteiger partial charge is 0.414 e. The number of amides is 3. The minimum atomic E-state index is -4.70. The van der Waals surface area contributed by atoms with Gasteiger partial charge in [0.2, 0.25) is 5.91 Å². The number of carbonyl (C=O) groups is 2. The zero-order chi connectivity index (χ0) is 25.7. The van der Waals surface area contributed by atoms with Crippen LogP contribution >= 0.6 is 0 Å². The molecule has 1 aromatic heterocycles. The second-order valence-corrected chi connectivity index (χ2v) is 10.4. The van der Waals surface area contributed by atoms with Gasteiger partial charge in [-0.2, -0.15) is 13.2 Å². The van der Waals surface area contributed by atoms with Crippen molar-refractivity contribution < 1.29 is 22.8 Å². The van der Waals surface area contributed by atoms with Crippen LogP contribution in [0.25, 0.3) is 0 Å². The molecule has 192 valence electrons. The second-order valence-electron chi connectivity index (χ2n) is 10.4. The number of alkyl halides is 3. The van der Waals surface area contributed by atoms with Gasteiger partial charge in [0, 0.05) is 30.6 Å². The first kappa shape index (κ1) is 24.4. The Morgan fingerprint density at radius 3 is 2.50 bits per heavy atom. The summed E-state index contributed by atoms with van der Waals surface area (Å²) in [5.74, 6) is -0.746. The normalized spacial score (nSPS) is 22.2. The number of urea groups is 1. The molecule has 2 aliphatic carbocycles. The molecule has 5 rings (SSSR count). The zero-order valence-electron chi connectivity index (χ0n) is 20.3. The molecule has 1 aromatic carbocycles. The SMILES string of the molecule is CC1(C)c2ccccc2CC1Nc1ccc(C(N2CCN(C(=O)NC3CC3)CC2=O)C(F)(F)F)nc1. The smallest absolute Gasteiger partial charge is 0.380 e. The van der Waals surface area contributed by atoms with E-state index in [4.69, 9.17) is 0 Å². The van der Waals surface area contributed by atoms with Crippen LogP contribution in [-0.2, 0) is 16.6 Å². The number of anilines is 1. The van der Waals surface area contributed by atoms with Gasteiger partial charge in [0.1, 0.15) is 6.54 Å². The Balaban J connectivity index is 1.29. The number of benzene rings is 1. The number of halogens is 3. The maximum absolute atomic E-state index is 14.1. The second kappa shape index (κ2) is 8.97. The number of fused-ring (bicyclic) bond motifs is 1. The fraction of sp³-hybridized carbons (Fsp3) is 0.500. The maximum Gasteiger partial charge on any atom is 0.414 e. The lowest BCUT2D eigenvalue weighted by atomic mass is 9.83. The van der Waals surface area contributed by atoms with Gasteiger partial charge in [-0.05, 0) is 42.5 Å². The molecule has 2 unspecified atom stereocenters. The van der Waals surface area contributed by atoms with Crippen molar-refractivity contribution in [2.45, 2.75) is 62.8 Å². The minimum Gasteiger partial charge on any atom is -0.380 e. The van der Waals surface area contributed by atoms with Crippen molar-refractivity contribution in [2.75, 3.05) is 25.0 Å². The first-order chi connectivity index (χ1) is 17.0.